The molecule has 3 heterocycles. The van der Waals surface area contributed by atoms with Crippen LogP contribution in [0.25, 0.3) is 17.1 Å². The Morgan fingerprint density at radius 3 is 2.32 bits per heavy atom. The molecule has 1 N–H and O–H groups in total. The molecule has 0 radical (unpaired) electrons. The van der Waals surface area contributed by atoms with E-state index in [1.807, 2.05) is 29.2 Å². The van der Waals surface area contributed by atoms with Crippen LogP contribution in [0.15, 0.2) is 66.9 Å². The third-order valence-electron chi connectivity index (χ3n) is 8.03. The highest BCUT2D eigenvalue weighted by Crippen LogP contribution is 2.37. The Kier molecular flexibility index (Phi) is 7.83. The van der Waals surface area contributed by atoms with Gasteiger partial charge < -0.3 is 14.7 Å². The molecule has 0 spiro atoms. The highest BCUT2D eigenvalue weighted by atomic mass is 19.4. The maximum atomic E-state index is 15.0. The van der Waals surface area contributed by atoms with Crippen LogP contribution in [0, 0.1) is 11.7 Å². The van der Waals surface area contributed by atoms with Crippen molar-refractivity contribution >= 4 is 11.9 Å². The van der Waals surface area contributed by atoms with E-state index >= 15 is 4.39 Å². The molecule has 4 aromatic rings. The van der Waals surface area contributed by atoms with Gasteiger partial charge in [0.25, 0.3) is 0 Å². The number of carboxylic acid groups (broad SMARTS) is 1. The number of amides is 1. The van der Waals surface area contributed by atoms with Gasteiger partial charge in [-0.25, -0.2) is 18.9 Å². The molecule has 2 fully saturated rings. The Hall–Kier alpha value is -4.74. The first-order chi connectivity index (χ1) is 21.1. The molecule has 1 amide bonds. The molecule has 1 saturated heterocycles. The lowest BCUT2D eigenvalue weighted by Gasteiger charge is -2.32. The zero-order chi connectivity index (χ0) is 31.0. The summed E-state index contributed by atoms with van der Waals surface area (Å²) in [6.45, 7) is 1.55. The standard InChI is InChI=1S/C32H28F4N4O4/c33-25-4-1-3-23(26-5-2-6-27(38-26)40-29(32(34,35)36)24(17-37-40)31(42)43)28(25)44-18-19-7-9-20(10-8-19)21-13-15-39(16-14-21)30(41)22-11-12-22/h1-10,17,21-22H,11-16,18H2,(H,42,43). The monoisotopic (exact) mass is 608 g/mol. The summed E-state index contributed by atoms with van der Waals surface area (Å²) in [6, 6.07) is 16.2. The molecule has 228 valence electrons. The first kappa shape index (κ1) is 29.3. The average Bonchev–Trinajstić information content (AvgIpc) is 3.76. The second-order valence-electron chi connectivity index (χ2n) is 11.0. The largest absolute Gasteiger partial charge is 0.485 e. The summed E-state index contributed by atoms with van der Waals surface area (Å²) in [4.78, 5) is 30.0. The van der Waals surface area contributed by atoms with Gasteiger partial charge in [-0.1, -0.05) is 36.4 Å². The SMILES string of the molecule is O=C(O)c1cnn(-c2cccc(-c3cccc(F)c3OCc3ccc(C4CCN(C(=O)C5CC5)CC4)cc3)n2)c1C(F)(F)F. The van der Waals surface area contributed by atoms with Crippen LogP contribution >= 0.6 is 0 Å². The molecule has 2 aliphatic rings. The van der Waals surface area contributed by atoms with Crippen LogP contribution in [0.4, 0.5) is 17.6 Å². The topological polar surface area (TPSA) is 97.5 Å². The molecule has 44 heavy (non-hydrogen) atoms. The van der Waals surface area contributed by atoms with Crippen molar-refractivity contribution in [2.45, 2.75) is 44.4 Å². The molecule has 12 heteroatoms. The van der Waals surface area contributed by atoms with Crippen LogP contribution in [0.2, 0.25) is 0 Å². The molecular weight excluding hydrogens is 580 g/mol. The molecular formula is C32H28F4N4O4. The van der Waals surface area contributed by atoms with Crippen LogP contribution in [-0.4, -0.2) is 49.7 Å². The van der Waals surface area contributed by atoms with Crippen molar-refractivity contribution in [1.29, 1.82) is 0 Å². The zero-order valence-electron chi connectivity index (χ0n) is 23.4. The van der Waals surface area contributed by atoms with E-state index in [0.717, 1.165) is 44.3 Å². The number of carbonyl (C=O) groups excluding carboxylic acids is 1. The molecule has 1 saturated carbocycles. The number of piperidine rings is 1. The predicted octanol–water partition coefficient (Wildman–Crippen LogP) is 6.49. The summed E-state index contributed by atoms with van der Waals surface area (Å²) in [5, 5.41) is 12.8. The van der Waals surface area contributed by atoms with Crippen LogP contribution in [0.1, 0.15) is 58.8 Å². The van der Waals surface area contributed by atoms with Gasteiger partial charge in [0.05, 0.1) is 11.9 Å². The lowest BCUT2D eigenvalue weighted by Crippen LogP contribution is -2.38. The van der Waals surface area contributed by atoms with E-state index < -0.39 is 29.2 Å². The van der Waals surface area contributed by atoms with E-state index in [0.29, 0.717) is 16.8 Å². The number of nitrogens with zero attached hydrogens (tertiary/aromatic N) is 4. The van der Waals surface area contributed by atoms with Crippen molar-refractivity contribution < 1.29 is 37.0 Å². The second-order valence-corrected chi connectivity index (χ2v) is 11.0. The number of hydrogen-bond donors (Lipinski definition) is 1. The summed E-state index contributed by atoms with van der Waals surface area (Å²) in [7, 11) is 0. The third kappa shape index (κ3) is 6.01. The normalized spacial score (nSPS) is 15.8. The van der Waals surface area contributed by atoms with Crippen molar-refractivity contribution in [2.75, 3.05) is 13.1 Å². The number of aromatic nitrogens is 3. The number of aromatic carboxylic acids is 1. The molecule has 6 rings (SSSR count). The molecule has 1 aliphatic heterocycles. The van der Waals surface area contributed by atoms with Gasteiger partial charge >= 0.3 is 12.1 Å². The van der Waals surface area contributed by atoms with E-state index in [1.165, 1.54) is 42.0 Å². The lowest BCUT2D eigenvalue weighted by molar-refractivity contribution is -0.143. The van der Waals surface area contributed by atoms with Crippen LogP contribution in [0.5, 0.6) is 5.75 Å². The van der Waals surface area contributed by atoms with Gasteiger partial charge in [0.2, 0.25) is 5.91 Å². The third-order valence-corrected chi connectivity index (χ3v) is 8.03. The Balaban J connectivity index is 1.18. The minimum atomic E-state index is -5.02. The number of halogens is 4. The summed E-state index contributed by atoms with van der Waals surface area (Å²) in [5.41, 5.74) is -0.221. The van der Waals surface area contributed by atoms with Crippen molar-refractivity contribution in [3.8, 4) is 22.8 Å². The highest BCUT2D eigenvalue weighted by Gasteiger charge is 2.41. The number of pyridine rings is 1. The van der Waals surface area contributed by atoms with Gasteiger partial charge in [-0.3, -0.25) is 4.79 Å². The minimum absolute atomic E-state index is 0.0294. The van der Waals surface area contributed by atoms with Gasteiger partial charge in [-0.05, 0) is 67.0 Å². The molecule has 1 aliphatic carbocycles. The lowest BCUT2D eigenvalue weighted by atomic mass is 9.89. The molecule has 0 atom stereocenters. The summed E-state index contributed by atoms with van der Waals surface area (Å²) >= 11 is 0. The van der Waals surface area contributed by atoms with E-state index in [2.05, 4.69) is 10.1 Å². The van der Waals surface area contributed by atoms with Crippen molar-refractivity contribution in [2.24, 2.45) is 5.92 Å². The number of carbonyl (C=O) groups is 2. The van der Waals surface area contributed by atoms with Gasteiger partial charge in [0, 0.05) is 24.6 Å². The summed E-state index contributed by atoms with van der Waals surface area (Å²) < 4.78 is 62.6. The van der Waals surface area contributed by atoms with E-state index in [4.69, 9.17) is 4.74 Å². The number of carboxylic acids is 1. The van der Waals surface area contributed by atoms with E-state index in [-0.39, 0.29) is 41.3 Å². The van der Waals surface area contributed by atoms with Crippen LogP contribution in [0.3, 0.4) is 0 Å². The number of para-hydroxylation sites is 1. The predicted molar refractivity (Wildman–Crippen MR) is 151 cm³/mol. The number of alkyl halides is 3. The average molecular weight is 609 g/mol. The quantitative estimate of drug-likeness (QED) is 0.230. The van der Waals surface area contributed by atoms with Gasteiger partial charge in [0.15, 0.2) is 23.1 Å². The maximum Gasteiger partial charge on any atom is 0.434 e. The molecule has 2 aromatic heterocycles. The van der Waals surface area contributed by atoms with E-state index in [9.17, 15) is 27.9 Å². The van der Waals surface area contributed by atoms with Crippen LogP contribution in [-0.2, 0) is 17.6 Å². The van der Waals surface area contributed by atoms with Gasteiger partial charge in [0.1, 0.15) is 12.2 Å². The number of ether oxygens (including phenoxy) is 1. The first-order valence-electron chi connectivity index (χ1n) is 14.3. The van der Waals surface area contributed by atoms with Gasteiger partial charge in [-0.2, -0.15) is 18.3 Å². The summed E-state index contributed by atoms with van der Waals surface area (Å²) in [5.74, 6) is -2.02. The van der Waals surface area contributed by atoms with E-state index in [1.54, 1.807) is 0 Å². The van der Waals surface area contributed by atoms with Gasteiger partial charge in [-0.15, -0.1) is 0 Å². The number of likely N-dealkylation sites (tertiary alicyclic amines) is 1. The van der Waals surface area contributed by atoms with Crippen LogP contribution < -0.4 is 4.74 Å². The van der Waals surface area contributed by atoms with Crippen molar-refractivity contribution in [3.05, 3.63) is 95.1 Å². The Bertz CT molecular complexity index is 1690. The van der Waals surface area contributed by atoms with Crippen molar-refractivity contribution in [1.82, 2.24) is 19.7 Å². The molecule has 0 unspecified atom stereocenters. The first-order valence-corrected chi connectivity index (χ1v) is 14.3. The molecule has 0 bridgehead atoms. The fourth-order valence-corrected chi connectivity index (χ4v) is 5.56. The fraction of sp³-hybridized carbons (Fsp3) is 0.312. The zero-order valence-corrected chi connectivity index (χ0v) is 23.4. The summed E-state index contributed by atoms with van der Waals surface area (Å²) in [6.07, 6.45) is -0.595. The second kappa shape index (κ2) is 11.7. The molecule has 8 nitrogen and oxygen atoms in total. The molecule has 2 aromatic carbocycles. The fourth-order valence-electron chi connectivity index (χ4n) is 5.56. The Labute approximate surface area is 249 Å². The Morgan fingerprint density at radius 2 is 1.66 bits per heavy atom. The number of benzene rings is 2. The highest BCUT2D eigenvalue weighted by molar-refractivity contribution is 5.89. The van der Waals surface area contributed by atoms with Crippen molar-refractivity contribution in [3.63, 3.8) is 0 Å². The smallest absolute Gasteiger partial charge is 0.434 e. The number of rotatable bonds is 8. The Morgan fingerprint density at radius 1 is 0.955 bits per heavy atom. The minimum Gasteiger partial charge on any atom is -0.485 e. The number of hydrogen-bond acceptors (Lipinski definition) is 5. The maximum absolute atomic E-state index is 15.0.